The molecule has 0 heterocycles. The minimum Gasteiger partial charge on any atom is -0.508 e. The van der Waals surface area contributed by atoms with Crippen molar-refractivity contribution in [3.63, 3.8) is 0 Å². The molecular weight excluding hydrogens is 249 g/mol. The topological polar surface area (TPSA) is 46.2 Å². The molecule has 14 heavy (non-hydrogen) atoms. The molecule has 0 aliphatic carbocycles. The van der Waals surface area contributed by atoms with Gasteiger partial charge in [-0.3, -0.25) is 0 Å². The van der Waals surface area contributed by atoms with Crippen LogP contribution in [0.5, 0.6) is 5.75 Å². The highest BCUT2D eigenvalue weighted by atomic mass is 79.9. The van der Waals surface area contributed by atoms with Crippen LogP contribution in [-0.4, -0.2) is 11.7 Å². The van der Waals surface area contributed by atoms with Crippen molar-refractivity contribution >= 4 is 15.9 Å². The van der Waals surface area contributed by atoms with E-state index in [0.29, 0.717) is 11.0 Å². The highest BCUT2D eigenvalue weighted by Gasteiger charge is 2.12. The average molecular weight is 262 g/mol. The summed E-state index contributed by atoms with van der Waals surface area (Å²) < 4.78 is 13.3. The summed E-state index contributed by atoms with van der Waals surface area (Å²) in [6, 6.07) is 2.72. The fourth-order valence-electron chi connectivity index (χ4n) is 1.35. The van der Waals surface area contributed by atoms with Crippen molar-refractivity contribution < 1.29 is 9.50 Å². The first kappa shape index (κ1) is 11.5. The van der Waals surface area contributed by atoms with Gasteiger partial charge in [-0.2, -0.15) is 0 Å². The van der Waals surface area contributed by atoms with Crippen LogP contribution >= 0.6 is 15.9 Å². The van der Waals surface area contributed by atoms with Gasteiger partial charge in [0.1, 0.15) is 11.6 Å². The van der Waals surface area contributed by atoms with Gasteiger partial charge in [-0.25, -0.2) is 4.39 Å². The van der Waals surface area contributed by atoms with Crippen molar-refractivity contribution in [1.29, 1.82) is 0 Å². The molecule has 2 nitrogen and oxygen atoms in total. The second kappa shape index (κ2) is 4.75. The molecule has 0 saturated carbocycles. The molecule has 0 aliphatic heterocycles. The Balaban J connectivity index is 3.02. The third kappa shape index (κ3) is 2.45. The maximum absolute atomic E-state index is 13.0. The van der Waals surface area contributed by atoms with Crippen LogP contribution in [0.15, 0.2) is 16.6 Å². The summed E-state index contributed by atoms with van der Waals surface area (Å²) in [5.41, 5.74) is 6.14. The van der Waals surface area contributed by atoms with Crippen LogP contribution in [0.25, 0.3) is 0 Å². The second-order valence-electron chi connectivity index (χ2n) is 3.30. The van der Waals surface area contributed by atoms with E-state index in [1.165, 1.54) is 0 Å². The Bertz CT molecular complexity index is 330. The molecule has 0 spiro atoms. The summed E-state index contributed by atoms with van der Waals surface area (Å²) in [4.78, 5) is 0. The SMILES string of the molecule is CC(CCN)c1cc(Br)c(F)cc1O. The van der Waals surface area contributed by atoms with E-state index >= 15 is 0 Å². The molecule has 1 rings (SSSR count). The van der Waals surface area contributed by atoms with Crippen molar-refractivity contribution in [2.75, 3.05) is 6.54 Å². The number of hydrogen-bond acceptors (Lipinski definition) is 2. The lowest BCUT2D eigenvalue weighted by Gasteiger charge is -2.13. The van der Waals surface area contributed by atoms with Gasteiger partial charge >= 0.3 is 0 Å². The molecular formula is C10H13BrFNO. The van der Waals surface area contributed by atoms with Gasteiger partial charge < -0.3 is 10.8 Å². The molecule has 1 aromatic rings. The Morgan fingerprint density at radius 3 is 2.79 bits per heavy atom. The lowest BCUT2D eigenvalue weighted by atomic mass is 9.97. The summed E-state index contributed by atoms with van der Waals surface area (Å²) in [5, 5.41) is 9.51. The van der Waals surface area contributed by atoms with Crippen molar-refractivity contribution in [1.82, 2.24) is 0 Å². The van der Waals surface area contributed by atoms with E-state index in [9.17, 15) is 9.50 Å². The van der Waals surface area contributed by atoms with Gasteiger partial charge in [-0.1, -0.05) is 6.92 Å². The van der Waals surface area contributed by atoms with Crippen molar-refractivity contribution in [3.05, 3.63) is 28.0 Å². The monoisotopic (exact) mass is 261 g/mol. The predicted octanol–water partition coefficient (Wildman–Crippen LogP) is 2.75. The third-order valence-corrected chi connectivity index (χ3v) is 2.81. The predicted molar refractivity (Wildman–Crippen MR) is 57.9 cm³/mol. The minimum atomic E-state index is -0.453. The van der Waals surface area contributed by atoms with Crippen molar-refractivity contribution in [3.8, 4) is 5.75 Å². The number of rotatable bonds is 3. The molecule has 4 heteroatoms. The number of phenols is 1. The van der Waals surface area contributed by atoms with Gasteiger partial charge in [0.2, 0.25) is 0 Å². The van der Waals surface area contributed by atoms with E-state index in [1.807, 2.05) is 6.92 Å². The molecule has 3 N–H and O–H groups in total. The number of benzene rings is 1. The molecule has 0 amide bonds. The largest absolute Gasteiger partial charge is 0.508 e. The lowest BCUT2D eigenvalue weighted by Crippen LogP contribution is -2.05. The van der Waals surface area contributed by atoms with E-state index in [2.05, 4.69) is 15.9 Å². The van der Waals surface area contributed by atoms with E-state index in [4.69, 9.17) is 5.73 Å². The van der Waals surface area contributed by atoms with Gasteiger partial charge in [0.05, 0.1) is 4.47 Å². The highest BCUT2D eigenvalue weighted by Crippen LogP contribution is 2.32. The fraction of sp³-hybridized carbons (Fsp3) is 0.400. The first-order valence-corrected chi connectivity index (χ1v) is 5.23. The Hall–Kier alpha value is -0.610. The van der Waals surface area contributed by atoms with E-state index in [1.54, 1.807) is 6.07 Å². The molecule has 0 fully saturated rings. The van der Waals surface area contributed by atoms with Crippen molar-refractivity contribution in [2.45, 2.75) is 19.3 Å². The van der Waals surface area contributed by atoms with E-state index in [-0.39, 0.29) is 11.7 Å². The summed E-state index contributed by atoms with van der Waals surface area (Å²) >= 11 is 3.08. The third-order valence-electron chi connectivity index (χ3n) is 2.20. The molecule has 0 bridgehead atoms. The number of hydrogen-bond donors (Lipinski definition) is 2. The van der Waals surface area contributed by atoms with Crippen molar-refractivity contribution in [2.24, 2.45) is 5.73 Å². The van der Waals surface area contributed by atoms with Gasteiger partial charge in [-0.15, -0.1) is 0 Å². The Morgan fingerprint density at radius 2 is 2.21 bits per heavy atom. The summed E-state index contributed by atoms with van der Waals surface area (Å²) in [7, 11) is 0. The lowest BCUT2D eigenvalue weighted by molar-refractivity contribution is 0.454. The van der Waals surface area contributed by atoms with E-state index < -0.39 is 5.82 Å². The number of aromatic hydroxyl groups is 1. The molecule has 0 aliphatic rings. The van der Waals surface area contributed by atoms with Gasteiger partial charge in [0, 0.05) is 6.07 Å². The Labute approximate surface area is 91.1 Å². The zero-order valence-electron chi connectivity index (χ0n) is 7.93. The number of phenolic OH excluding ortho intramolecular Hbond substituents is 1. The van der Waals surface area contributed by atoms with Gasteiger partial charge in [0.15, 0.2) is 0 Å². The normalized spacial score (nSPS) is 12.9. The minimum absolute atomic E-state index is 0.00773. The first-order chi connectivity index (χ1) is 6.56. The smallest absolute Gasteiger partial charge is 0.141 e. The van der Waals surface area contributed by atoms with Gasteiger partial charge in [0.25, 0.3) is 0 Å². The number of nitrogens with two attached hydrogens (primary N) is 1. The molecule has 0 saturated heterocycles. The van der Waals surface area contributed by atoms with E-state index in [0.717, 1.165) is 18.1 Å². The summed E-state index contributed by atoms with van der Waals surface area (Å²) in [5.74, 6) is -0.324. The fourth-order valence-corrected chi connectivity index (χ4v) is 1.71. The zero-order valence-corrected chi connectivity index (χ0v) is 9.51. The maximum atomic E-state index is 13.0. The maximum Gasteiger partial charge on any atom is 0.141 e. The molecule has 1 unspecified atom stereocenters. The molecule has 0 radical (unpaired) electrons. The molecule has 78 valence electrons. The second-order valence-corrected chi connectivity index (χ2v) is 4.16. The van der Waals surface area contributed by atoms with Crippen LogP contribution < -0.4 is 5.73 Å². The Kier molecular flexibility index (Phi) is 3.89. The van der Waals surface area contributed by atoms with Crippen LogP contribution in [-0.2, 0) is 0 Å². The summed E-state index contributed by atoms with van der Waals surface area (Å²) in [6.07, 6.45) is 0.769. The Morgan fingerprint density at radius 1 is 1.57 bits per heavy atom. The summed E-state index contributed by atoms with van der Waals surface area (Å²) in [6.45, 7) is 2.50. The standard InChI is InChI=1S/C10H13BrFNO/c1-6(2-3-13)7-4-8(11)9(12)5-10(7)14/h4-6,14H,2-3,13H2,1H3. The van der Waals surface area contributed by atoms with Gasteiger partial charge in [-0.05, 0) is 46.4 Å². The van der Waals surface area contributed by atoms with Crippen LogP contribution in [0.4, 0.5) is 4.39 Å². The molecule has 1 aromatic carbocycles. The molecule has 1 atom stereocenters. The molecule has 0 aromatic heterocycles. The quantitative estimate of drug-likeness (QED) is 0.879. The van der Waals surface area contributed by atoms with Crippen LogP contribution in [0.2, 0.25) is 0 Å². The zero-order chi connectivity index (χ0) is 10.7. The average Bonchev–Trinajstić information content (AvgIpc) is 2.11. The van der Waals surface area contributed by atoms with Crippen LogP contribution in [0, 0.1) is 5.82 Å². The first-order valence-electron chi connectivity index (χ1n) is 4.44. The number of halogens is 2. The van der Waals surface area contributed by atoms with Crippen LogP contribution in [0.3, 0.4) is 0 Å². The van der Waals surface area contributed by atoms with Crippen LogP contribution in [0.1, 0.15) is 24.8 Å². The highest BCUT2D eigenvalue weighted by molar-refractivity contribution is 9.10.